The minimum absolute atomic E-state index is 0.214. The molecule has 0 aromatic carbocycles. The third-order valence-electron chi connectivity index (χ3n) is 2.08. The number of esters is 1. The minimum Gasteiger partial charge on any atom is -0.469 e. The molecule has 1 rings (SSSR count). The molecule has 78 valence electrons. The molecular formula is C9H15N3O2. The molecule has 1 unspecified atom stereocenters. The van der Waals surface area contributed by atoms with Crippen LogP contribution < -0.4 is 5.73 Å². The average Bonchev–Trinajstić information content (AvgIpc) is 2.60. The number of methoxy groups -OCH3 is 1. The van der Waals surface area contributed by atoms with Crippen LogP contribution in [0.4, 0.5) is 0 Å². The van der Waals surface area contributed by atoms with Crippen LogP contribution in [0.15, 0.2) is 12.4 Å². The first-order valence-corrected chi connectivity index (χ1v) is 4.44. The van der Waals surface area contributed by atoms with Crippen LogP contribution in [0.1, 0.15) is 24.7 Å². The summed E-state index contributed by atoms with van der Waals surface area (Å²) in [4.78, 5) is 15.0. The largest absolute Gasteiger partial charge is 0.469 e. The van der Waals surface area contributed by atoms with E-state index in [4.69, 9.17) is 5.73 Å². The van der Waals surface area contributed by atoms with Crippen molar-refractivity contribution in [2.24, 2.45) is 12.8 Å². The lowest BCUT2D eigenvalue weighted by Gasteiger charge is -2.10. The molecule has 0 saturated carbocycles. The highest BCUT2D eigenvalue weighted by Gasteiger charge is 2.12. The summed E-state index contributed by atoms with van der Waals surface area (Å²) in [7, 11) is 3.24. The standard InChI is InChI=1S/C9H15N3O2/c1-12-6-5-11-9(12)7(10)3-4-8(13)14-2/h5-7H,3-4,10H2,1-2H3. The summed E-state index contributed by atoms with van der Waals surface area (Å²) in [5.41, 5.74) is 5.85. The highest BCUT2D eigenvalue weighted by Crippen LogP contribution is 2.12. The van der Waals surface area contributed by atoms with E-state index in [1.165, 1.54) is 7.11 Å². The van der Waals surface area contributed by atoms with E-state index < -0.39 is 0 Å². The number of hydrogen-bond acceptors (Lipinski definition) is 4. The van der Waals surface area contributed by atoms with Gasteiger partial charge in [-0.3, -0.25) is 4.79 Å². The average molecular weight is 197 g/mol. The summed E-state index contributed by atoms with van der Waals surface area (Å²) in [6.07, 6.45) is 4.39. The van der Waals surface area contributed by atoms with E-state index in [1.807, 2.05) is 17.8 Å². The summed E-state index contributed by atoms with van der Waals surface area (Å²) < 4.78 is 6.38. The Morgan fingerprint density at radius 2 is 2.50 bits per heavy atom. The van der Waals surface area contributed by atoms with E-state index in [0.717, 1.165) is 5.82 Å². The molecule has 0 aliphatic carbocycles. The number of carbonyl (C=O) groups excluding carboxylic acids is 1. The predicted octanol–water partition coefficient (Wildman–Crippen LogP) is 0.373. The Morgan fingerprint density at radius 3 is 3.00 bits per heavy atom. The first-order valence-electron chi connectivity index (χ1n) is 4.44. The zero-order valence-corrected chi connectivity index (χ0v) is 8.43. The maximum atomic E-state index is 10.9. The maximum Gasteiger partial charge on any atom is 0.305 e. The number of ether oxygens (including phenoxy) is 1. The fraction of sp³-hybridized carbons (Fsp3) is 0.556. The Bertz CT molecular complexity index is 309. The van der Waals surface area contributed by atoms with Gasteiger partial charge in [0.15, 0.2) is 0 Å². The first-order chi connectivity index (χ1) is 6.65. The Balaban J connectivity index is 2.47. The predicted molar refractivity (Wildman–Crippen MR) is 51.4 cm³/mol. The van der Waals surface area contributed by atoms with Crippen molar-refractivity contribution in [1.82, 2.24) is 9.55 Å². The molecule has 0 amide bonds. The summed E-state index contributed by atoms with van der Waals surface area (Å²) in [5, 5.41) is 0. The van der Waals surface area contributed by atoms with Crippen LogP contribution in [-0.2, 0) is 16.6 Å². The lowest BCUT2D eigenvalue weighted by molar-refractivity contribution is -0.140. The molecule has 5 heteroatoms. The molecule has 1 heterocycles. The Labute approximate surface area is 82.9 Å². The van der Waals surface area contributed by atoms with Gasteiger partial charge in [0.05, 0.1) is 13.2 Å². The van der Waals surface area contributed by atoms with E-state index in [1.54, 1.807) is 6.20 Å². The van der Waals surface area contributed by atoms with Gasteiger partial charge < -0.3 is 15.0 Å². The Kier molecular flexibility index (Phi) is 3.64. The Hall–Kier alpha value is -1.36. The summed E-state index contributed by atoms with van der Waals surface area (Å²) in [6, 6.07) is -0.214. The van der Waals surface area contributed by atoms with Gasteiger partial charge in [0.2, 0.25) is 0 Å². The second-order valence-electron chi connectivity index (χ2n) is 3.12. The molecular weight excluding hydrogens is 182 g/mol. The lowest BCUT2D eigenvalue weighted by atomic mass is 10.1. The molecule has 0 spiro atoms. The van der Waals surface area contributed by atoms with Crippen LogP contribution in [-0.4, -0.2) is 22.6 Å². The highest BCUT2D eigenvalue weighted by molar-refractivity contribution is 5.69. The van der Waals surface area contributed by atoms with Gasteiger partial charge in [-0.2, -0.15) is 0 Å². The minimum atomic E-state index is -0.241. The van der Waals surface area contributed by atoms with E-state index in [-0.39, 0.29) is 12.0 Å². The number of aryl methyl sites for hydroxylation is 1. The fourth-order valence-electron chi connectivity index (χ4n) is 1.24. The summed E-state index contributed by atoms with van der Waals surface area (Å²) in [6.45, 7) is 0. The zero-order chi connectivity index (χ0) is 10.6. The van der Waals surface area contributed by atoms with Crippen LogP contribution in [0.5, 0.6) is 0 Å². The van der Waals surface area contributed by atoms with Gasteiger partial charge in [-0.05, 0) is 6.42 Å². The summed E-state index contributed by atoms with van der Waals surface area (Å²) >= 11 is 0. The van der Waals surface area contributed by atoms with Gasteiger partial charge in [-0.25, -0.2) is 4.98 Å². The monoisotopic (exact) mass is 197 g/mol. The van der Waals surface area contributed by atoms with Gasteiger partial charge in [-0.15, -0.1) is 0 Å². The van der Waals surface area contributed by atoms with Gasteiger partial charge in [0, 0.05) is 25.9 Å². The van der Waals surface area contributed by atoms with Crippen LogP contribution in [0.3, 0.4) is 0 Å². The molecule has 0 radical (unpaired) electrons. The van der Waals surface area contributed by atoms with Gasteiger partial charge in [0.1, 0.15) is 5.82 Å². The van der Waals surface area contributed by atoms with Crippen LogP contribution >= 0.6 is 0 Å². The van der Waals surface area contributed by atoms with Gasteiger partial charge in [-0.1, -0.05) is 0 Å². The third-order valence-corrected chi connectivity index (χ3v) is 2.08. The van der Waals surface area contributed by atoms with Crippen LogP contribution in [0.25, 0.3) is 0 Å². The number of imidazole rings is 1. The second kappa shape index (κ2) is 4.76. The first kappa shape index (κ1) is 10.7. The number of nitrogens with zero attached hydrogens (tertiary/aromatic N) is 2. The number of hydrogen-bond donors (Lipinski definition) is 1. The van der Waals surface area contributed by atoms with Gasteiger partial charge in [0.25, 0.3) is 0 Å². The molecule has 1 atom stereocenters. The lowest BCUT2D eigenvalue weighted by Crippen LogP contribution is -2.16. The SMILES string of the molecule is COC(=O)CCC(N)c1nccn1C. The van der Waals surface area contributed by atoms with E-state index in [9.17, 15) is 4.79 Å². The number of nitrogens with two attached hydrogens (primary N) is 1. The van der Waals surface area contributed by atoms with Crippen molar-refractivity contribution in [3.05, 3.63) is 18.2 Å². The zero-order valence-electron chi connectivity index (χ0n) is 8.43. The molecule has 0 aliphatic heterocycles. The quantitative estimate of drug-likeness (QED) is 0.708. The smallest absolute Gasteiger partial charge is 0.305 e. The molecule has 2 N–H and O–H groups in total. The van der Waals surface area contributed by atoms with Crippen LogP contribution in [0.2, 0.25) is 0 Å². The highest BCUT2D eigenvalue weighted by atomic mass is 16.5. The molecule has 1 aromatic heterocycles. The molecule has 0 saturated heterocycles. The second-order valence-corrected chi connectivity index (χ2v) is 3.12. The van der Waals surface area contributed by atoms with Crippen molar-refractivity contribution in [1.29, 1.82) is 0 Å². The molecule has 0 bridgehead atoms. The topological polar surface area (TPSA) is 70.1 Å². The maximum absolute atomic E-state index is 10.9. The summed E-state index contributed by atoms with van der Waals surface area (Å²) in [5.74, 6) is 0.545. The molecule has 0 aliphatic rings. The van der Waals surface area contributed by atoms with E-state index >= 15 is 0 Å². The number of carbonyl (C=O) groups is 1. The van der Waals surface area contributed by atoms with Crippen molar-refractivity contribution in [2.75, 3.05) is 7.11 Å². The van der Waals surface area contributed by atoms with Crippen molar-refractivity contribution < 1.29 is 9.53 Å². The normalized spacial score (nSPS) is 12.5. The van der Waals surface area contributed by atoms with Crippen LogP contribution in [0, 0.1) is 0 Å². The molecule has 1 aromatic rings. The third kappa shape index (κ3) is 2.56. The van der Waals surface area contributed by atoms with Crippen molar-refractivity contribution >= 4 is 5.97 Å². The number of aromatic nitrogens is 2. The van der Waals surface area contributed by atoms with E-state index in [0.29, 0.717) is 12.8 Å². The van der Waals surface area contributed by atoms with Crippen molar-refractivity contribution in [2.45, 2.75) is 18.9 Å². The van der Waals surface area contributed by atoms with Crippen molar-refractivity contribution in [3.8, 4) is 0 Å². The van der Waals surface area contributed by atoms with Gasteiger partial charge >= 0.3 is 5.97 Å². The molecule has 5 nitrogen and oxygen atoms in total. The van der Waals surface area contributed by atoms with Crippen molar-refractivity contribution in [3.63, 3.8) is 0 Å². The number of rotatable bonds is 4. The molecule has 0 fully saturated rings. The Morgan fingerprint density at radius 1 is 1.79 bits per heavy atom. The fourth-order valence-corrected chi connectivity index (χ4v) is 1.24. The van der Waals surface area contributed by atoms with E-state index in [2.05, 4.69) is 9.72 Å². The molecule has 14 heavy (non-hydrogen) atoms.